The molecule has 74 valence electrons. The molecule has 2 N–H and O–H groups in total. The first-order chi connectivity index (χ1) is 5.56. The van der Waals surface area contributed by atoms with Gasteiger partial charge in [-0.3, -0.25) is 0 Å². The highest BCUT2D eigenvalue weighted by Crippen LogP contribution is 2.00. The number of hydrogen-bond acceptors (Lipinski definition) is 4. The zero-order valence-corrected chi connectivity index (χ0v) is 7.75. The largest absolute Gasteiger partial charge is 0.394 e. The molecule has 0 heterocycles. The molecule has 0 unspecified atom stereocenters. The van der Waals surface area contributed by atoms with Crippen molar-refractivity contribution in [3.63, 3.8) is 0 Å². The number of hydrogen-bond donors (Lipinski definition) is 2. The Morgan fingerprint density at radius 2 is 1.67 bits per heavy atom. The van der Waals surface area contributed by atoms with Crippen LogP contribution < -0.4 is 0 Å². The summed E-state index contributed by atoms with van der Waals surface area (Å²) in [5, 5.41) is 17.6. The highest BCUT2D eigenvalue weighted by molar-refractivity contribution is 4.62. The van der Waals surface area contributed by atoms with Gasteiger partial charge in [-0.1, -0.05) is 0 Å². The van der Waals surface area contributed by atoms with Gasteiger partial charge in [0.2, 0.25) is 0 Å². The van der Waals surface area contributed by atoms with E-state index in [1.165, 1.54) is 0 Å². The Kier molecular flexibility index (Phi) is 6.28. The Bertz CT molecular complexity index is 97.7. The fourth-order valence-electron chi connectivity index (χ4n) is 0.606. The van der Waals surface area contributed by atoms with E-state index in [4.69, 9.17) is 14.6 Å². The van der Waals surface area contributed by atoms with Crippen molar-refractivity contribution in [2.75, 3.05) is 33.0 Å². The molecular formula is C8H18O4. The molecule has 4 nitrogen and oxygen atoms in total. The van der Waals surface area contributed by atoms with Gasteiger partial charge in [0.1, 0.15) is 0 Å². The minimum atomic E-state index is -0.781. The summed E-state index contributed by atoms with van der Waals surface area (Å²) in [7, 11) is 0. The van der Waals surface area contributed by atoms with Crippen LogP contribution in [0.5, 0.6) is 0 Å². The van der Waals surface area contributed by atoms with Crippen LogP contribution in [0, 0.1) is 0 Å². The third kappa shape index (κ3) is 9.84. The molecule has 0 radical (unpaired) electrons. The number of aliphatic hydroxyl groups is 2. The summed E-state index contributed by atoms with van der Waals surface area (Å²) in [6.07, 6.45) is 0. The van der Waals surface area contributed by atoms with Crippen molar-refractivity contribution in [1.82, 2.24) is 0 Å². The lowest BCUT2D eigenvalue weighted by molar-refractivity contribution is -0.0395. The summed E-state index contributed by atoms with van der Waals surface area (Å²) in [5.41, 5.74) is -0.781. The Labute approximate surface area is 73.1 Å². The maximum Gasteiger partial charge on any atom is 0.0824 e. The van der Waals surface area contributed by atoms with Crippen LogP contribution in [0.25, 0.3) is 0 Å². The first kappa shape index (κ1) is 11.8. The smallest absolute Gasteiger partial charge is 0.0824 e. The Balaban J connectivity index is 3.01. The van der Waals surface area contributed by atoms with Gasteiger partial charge in [0, 0.05) is 0 Å². The van der Waals surface area contributed by atoms with Crippen molar-refractivity contribution >= 4 is 0 Å². The second-order valence-electron chi connectivity index (χ2n) is 3.20. The monoisotopic (exact) mass is 178 g/mol. The highest BCUT2D eigenvalue weighted by Gasteiger charge is 2.11. The second-order valence-corrected chi connectivity index (χ2v) is 3.20. The van der Waals surface area contributed by atoms with E-state index in [1.54, 1.807) is 13.8 Å². The minimum Gasteiger partial charge on any atom is -0.394 e. The molecule has 0 aromatic rings. The number of ether oxygens (including phenoxy) is 2. The fraction of sp³-hybridized carbons (Fsp3) is 1.00. The summed E-state index contributed by atoms with van der Waals surface area (Å²) >= 11 is 0. The van der Waals surface area contributed by atoms with E-state index in [-0.39, 0.29) is 6.61 Å². The van der Waals surface area contributed by atoms with Crippen LogP contribution in [-0.4, -0.2) is 48.8 Å². The maximum atomic E-state index is 9.21. The average Bonchev–Trinajstić information content (AvgIpc) is 1.94. The van der Waals surface area contributed by atoms with Crippen LogP contribution in [0.15, 0.2) is 0 Å². The average molecular weight is 178 g/mol. The predicted molar refractivity (Wildman–Crippen MR) is 45.0 cm³/mol. The van der Waals surface area contributed by atoms with Gasteiger partial charge in [-0.25, -0.2) is 0 Å². The van der Waals surface area contributed by atoms with E-state index >= 15 is 0 Å². The maximum absolute atomic E-state index is 9.21. The molecule has 0 saturated heterocycles. The second kappa shape index (κ2) is 6.37. The highest BCUT2D eigenvalue weighted by atomic mass is 16.5. The van der Waals surface area contributed by atoms with Crippen LogP contribution in [0.4, 0.5) is 0 Å². The van der Waals surface area contributed by atoms with E-state index in [0.29, 0.717) is 26.4 Å². The molecule has 12 heavy (non-hydrogen) atoms. The molecule has 0 aromatic heterocycles. The molecule has 0 bridgehead atoms. The SMILES string of the molecule is CC(C)(O)COCCOCCO. The molecule has 0 aliphatic heterocycles. The molecule has 0 atom stereocenters. The van der Waals surface area contributed by atoms with Crippen molar-refractivity contribution in [2.45, 2.75) is 19.4 Å². The normalized spacial score (nSPS) is 12.0. The molecule has 0 aliphatic rings. The third-order valence-corrected chi connectivity index (χ3v) is 1.06. The van der Waals surface area contributed by atoms with Gasteiger partial charge < -0.3 is 19.7 Å². The molecule has 4 heteroatoms. The Morgan fingerprint density at radius 1 is 1.08 bits per heavy atom. The molecular weight excluding hydrogens is 160 g/mol. The fourth-order valence-corrected chi connectivity index (χ4v) is 0.606. The summed E-state index contributed by atoms with van der Waals surface area (Å²) in [6.45, 7) is 4.94. The van der Waals surface area contributed by atoms with Gasteiger partial charge >= 0.3 is 0 Å². The van der Waals surface area contributed by atoms with E-state index in [9.17, 15) is 5.11 Å². The quantitative estimate of drug-likeness (QED) is 0.529. The Morgan fingerprint density at radius 3 is 2.17 bits per heavy atom. The zero-order chi connectivity index (χ0) is 9.45. The van der Waals surface area contributed by atoms with Crippen molar-refractivity contribution < 1.29 is 19.7 Å². The molecule has 0 aliphatic carbocycles. The van der Waals surface area contributed by atoms with E-state index in [2.05, 4.69) is 0 Å². The van der Waals surface area contributed by atoms with Crippen molar-refractivity contribution in [1.29, 1.82) is 0 Å². The standard InChI is InChI=1S/C8H18O4/c1-8(2,10)7-12-6-5-11-4-3-9/h9-10H,3-7H2,1-2H3. The number of aliphatic hydroxyl groups excluding tert-OH is 1. The number of rotatable bonds is 7. The van der Waals surface area contributed by atoms with Crippen molar-refractivity contribution in [3.05, 3.63) is 0 Å². The molecule has 0 rings (SSSR count). The Hall–Kier alpha value is -0.160. The van der Waals surface area contributed by atoms with Gasteiger partial charge in [-0.2, -0.15) is 0 Å². The van der Waals surface area contributed by atoms with E-state index < -0.39 is 5.60 Å². The van der Waals surface area contributed by atoms with Crippen LogP contribution in [-0.2, 0) is 9.47 Å². The van der Waals surface area contributed by atoms with Gasteiger partial charge in [0.05, 0.1) is 38.6 Å². The summed E-state index contributed by atoms with van der Waals surface area (Å²) in [5.74, 6) is 0. The zero-order valence-electron chi connectivity index (χ0n) is 7.75. The summed E-state index contributed by atoms with van der Waals surface area (Å²) < 4.78 is 10.0. The first-order valence-electron chi connectivity index (χ1n) is 4.05. The van der Waals surface area contributed by atoms with E-state index in [0.717, 1.165) is 0 Å². The first-order valence-corrected chi connectivity index (χ1v) is 4.05. The van der Waals surface area contributed by atoms with Gasteiger partial charge in [0.25, 0.3) is 0 Å². The van der Waals surface area contributed by atoms with Crippen LogP contribution in [0.1, 0.15) is 13.8 Å². The predicted octanol–water partition coefficient (Wildman–Crippen LogP) is -0.217. The van der Waals surface area contributed by atoms with Crippen molar-refractivity contribution in [2.24, 2.45) is 0 Å². The topological polar surface area (TPSA) is 58.9 Å². The summed E-state index contributed by atoms with van der Waals surface area (Å²) in [4.78, 5) is 0. The van der Waals surface area contributed by atoms with Gasteiger partial charge in [0.15, 0.2) is 0 Å². The van der Waals surface area contributed by atoms with Crippen LogP contribution in [0.3, 0.4) is 0 Å². The lowest BCUT2D eigenvalue weighted by Crippen LogP contribution is -2.27. The van der Waals surface area contributed by atoms with Crippen molar-refractivity contribution in [3.8, 4) is 0 Å². The van der Waals surface area contributed by atoms with E-state index in [1.807, 2.05) is 0 Å². The van der Waals surface area contributed by atoms with Gasteiger partial charge in [-0.05, 0) is 13.8 Å². The molecule has 0 saturated carbocycles. The summed E-state index contributed by atoms with van der Waals surface area (Å²) in [6, 6.07) is 0. The third-order valence-electron chi connectivity index (χ3n) is 1.06. The van der Waals surface area contributed by atoms with Crippen LogP contribution >= 0.6 is 0 Å². The molecule has 0 aromatic carbocycles. The van der Waals surface area contributed by atoms with Gasteiger partial charge in [-0.15, -0.1) is 0 Å². The van der Waals surface area contributed by atoms with Crippen LogP contribution in [0.2, 0.25) is 0 Å². The minimum absolute atomic E-state index is 0.0332. The molecule has 0 fully saturated rings. The lowest BCUT2D eigenvalue weighted by atomic mass is 10.2. The lowest BCUT2D eigenvalue weighted by Gasteiger charge is -2.16. The molecule has 0 spiro atoms. The molecule has 0 amide bonds.